The van der Waals surface area contributed by atoms with Crippen molar-refractivity contribution in [2.24, 2.45) is 0 Å². The van der Waals surface area contributed by atoms with Crippen molar-refractivity contribution in [2.75, 3.05) is 36.8 Å². The lowest BCUT2D eigenvalue weighted by molar-refractivity contribution is -0.385. The summed E-state index contributed by atoms with van der Waals surface area (Å²) in [6.45, 7) is 1.22. The molecule has 0 radical (unpaired) electrons. The summed E-state index contributed by atoms with van der Waals surface area (Å²) in [5, 5.41) is 14.0. The maximum atomic E-state index is 13.0. The van der Waals surface area contributed by atoms with Gasteiger partial charge in [0, 0.05) is 25.2 Å². The minimum absolute atomic E-state index is 0.0931. The molecule has 2 aromatic rings. The number of sulfonamides is 1. The van der Waals surface area contributed by atoms with Gasteiger partial charge in [-0.25, -0.2) is 8.42 Å². The number of methoxy groups -OCH3 is 1. The van der Waals surface area contributed by atoms with E-state index in [2.05, 4.69) is 10.0 Å². The monoisotopic (exact) mass is 434 g/mol. The minimum atomic E-state index is -4.22. The zero-order valence-corrected chi connectivity index (χ0v) is 17.1. The number of rotatable bonds is 8. The number of likely N-dealkylation sites (tertiary alicyclic amines) is 1. The first-order valence-electron chi connectivity index (χ1n) is 9.28. The summed E-state index contributed by atoms with van der Waals surface area (Å²) < 4.78 is 33.6. The Morgan fingerprint density at radius 2 is 1.87 bits per heavy atom. The summed E-state index contributed by atoms with van der Waals surface area (Å²) in [5.74, 6) is 0.136. The number of amides is 1. The van der Waals surface area contributed by atoms with E-state index in [9.17, 15) is 23.3 Å². The van der Waals surface area contributed by atoms with Crippen molar-refractivity contribution in [3.05, 3.63) is 52.6 Å². The molecule has 1 aliphatic rings. The van der Waals surface area contributed by atoms with E-state index in [1.165, 1.54) is 25.3 Å². The van der Waals surface area contributed by atoms with Crippen LogP contribution in [-0.4, -0.2) is 50.9 Å². The van der Waals surface area contributed by atoms with Gasteiger partial charge in [0.15, 0.2) is 0 Å². The van der Waals surface area contributed by atoms with E-state index in [0.29, 0.717) is 18.8 Å². The van der Waals surface area contributed by atoms with Crippen LogP contribution in [0.15, 0.2) is 47.4 Å². The molecule has 0 bridgehead atoms. The Labute approximate surface area is 174 Å². The van der Waals surface area contributed by atoms with Crippen molar-refractivity contribution >= 4 is 33.0 Å². The second kappa shape index (κ2) is 8.99. The number of nitro benzene ring substituents is 1. The zero-order valence-electron chi connectivity index (χ0n) is 16.3. The Morgan fingerprint density at radius 3 is 2.53 bits per heavy atom. The molecule has 1 saturated heterocycles. The molecule has 1 aliphatic heterocycles. The average molecular weight is 434 g/mol. The number of carbonyl (C=O) groups is 1. The number of non-ortho nitro benzene ring substituents is 1. The van der Waals surface area contributed by atoms with Gasteiger partial charge < -0.3 is 15.0 Å². The molecule has 0 aromatic heterocycles. The Bertz CT molecular complexity index is 1050. The first-order valence-corrected chi connectivity index (χ1v) is 10.8. The van der Waals surface area contributed by atoms with Crippen LogP contribution in [0.25, 0.3) is 0 Å². The van der Waals surface area contributed by atoms with Gasteiger partial charge >= 0.3 is 0 Å². The summed E-state index contributed by atoms with van der Waals surface area (Å²) in [7, 11) is -2.82. The summed E-state index contributed by atoms with van der Waals surface area (Å²) in [6, 6.07) is 9.83. The number of carbonyl (C=O) groups excluding carboxylic acids is 1. The molecule has 0 aliphatic carbocycles. The van der Waals surface area contributed by atoms with Crippen molar-refractivity contribution in [1.82, 2.24) is 4.90 Å². The average Bonchev–Trinajstić information content (AvgIpc) is 3.27. The number of nitrogens with one attached hydrogen (secondary N) is 2. The van der Waals surface area contributed by atoms with Crippen molar-refractivity contribution in [1.29, 1.82) is 0 Å². The van der Waals surface area contributed by atoms with Crippen LogP contribution < -0.4 is 14.8 Å². The van der Waals surface area contributed by atoms with Crippen LogP contribution in [0.5, 0.6) is 5.75 Å². The summed E-state index contributed by atoms with van der Waals surface area (Å²) >= 11 is 0. The van der Waals surface area contributed by atoms with Crippen molar-refractivity contribution in [3.8, 4) is 5.75 Å². The molecule has 0 atom stereocenters. The third-order valence-electron chi connectivity index (χ3n) is 4.71. The third-order valence-corrected chi connectivity index (χ3v) is 6.11. The van der Waals surface area contributed by atoms with Crippen LogP contribution in [0.3, 0.4) is 0 Å². The van der Waals surface area contributed by atoms with Crippen LogP contribution in [-0.2, 0) is 14.8 Å². The highest BCUT2D eigenvalue weighted by Crippen LogP contribution is 2.31. The lowest BCUT2D eigenvalue weighted by Gasteiger charge is -2.18. The fraction of sp³-hybridized carbons (Fsp3) is 0.316. The minimum Gasteiger partial charge on any atom is -0.495 e. The fourth-order valence-corrected chi connectivity index (χ4v) is 4.44. The number of hydrogen-bond acceptors (Lipinski definition) is 7. The Morgan fingerprint density at radius 1 is 1.17 bits per heavy atom. The molecular formula is C19H22N4O6S. The van der Waals surface area contributed by atoms with E-state index in [4.69, 9.17) is 4.74 Å². The first kappa shape index (κ1) is 21.4. The van der Waals surface area contributed by atoms with Gasteiger partial charge in [-0.3, -0.25) is 19.6 Å². The lowest BCUT2D eigenvalue weighted by Crippen LogP contribution is -2.33. The maximum Gasteiger partial charge on any atom is 0.270 e. The van der Waals surface area contributed by atoms with Gasteiger partial charge in [-0.05, 0) is 31.0 Å². The standard InChI is InChI=1S/C19H22N4O6S/c1-29-17-7-3-2-6-15(17)21-30(27,28)18-12-14(23(25)26)8-9-16(18)20-13-19(24)22-10-4-5-11-22/h2-3,6-9,12,20-21H,4-5,10-11,13H2,1H3. The largest absolute Gasteiger partial charge is 0.495 e. The number of ether oxygens (including phenoxy) is 1. The van der Waals surface area contributed by atoms with Gasteiger partial charge in [0.25, 0.3) is 15.7 Å². The number of nitrogens with zero attached hydrogens (tertiary/aromatic N) is 2. The van der Waals surface area contributed by atoms with Crippen molar-refractivity contribution in [2.45, 2.75) is 17.7 Å². The number of nitro groups is 1. The fourth-order valence-electron chi connectivity index (χ4n) is 3.17. The third kappa shape index (κ3) is 4.79. The highest BCUT2D eigenvalue weighted by Gasteiger charge is 2.25. The quantitative estimate of drug-likeness (QED) is 0.482. The Kier molecular flexibility index (Phi) is 6.40. The van der Waals surface area contributed by atoms with E-state index in [1.54, 1.807) is 23.1 Å². The lowest BCUT2D eigenvalue weighted by atomic mass is 10.3. The number of anilines is 2. The molecule has 1 amide bonds. The molecule has 3 rings (SSSR count). The van der Waals surface area contributed by atoms with Gasteiger partial charge in [-0.1, -0.05) is 12.1 Å². The molecule has 1 heterocycles. The molecule has 0 spiro atoms. The van der Waals surface area contributed by atoms with Gasteiger partial charge in [-0.2, -0.15) is 0 Å². The molecule has 2 aromatic carbocycles. The topological polar surface area (TPSA) is 131 Å². The molecule has 160 valence electrons. The highest BCUT2D eigenvalue weighted by molar-refractivity contribution is 7.93. The summed E-state index contributed by atoms with van der Waals surface area (Å²) in [6.07, 6.45) is 1.87. The number of para-hydroxylation sites is 2. The molecular weight excluding hydrogens is 412 g/mol. The van der Waals surface area contributed by atoms with E-state index in [0.717, 1.165) is 18.9 Å². The van der Waals surface area contributed by atoms with Crippen LogP contribution in [0.4, 0.5) is 17.1 Å². The molecule has 2 N–H and O–H groups in total. The predicted octanol–water partition coefficient (Wildman–Crippen LogP) is 2.44. The van der Waals surface area contributed by atoms with Crippen LogP contribution in [0.1, 0.15) is 12.8 Å². The van der Waals surface area contributed by atoms with Gasteiger partial charge in [-0.15, -0.1) is 0 Å². The van der Waals surface area contributed by atoms with Crippen LogP contribution in [0, 0.1) is 10.1 Å². The van der Waals surface area contributed by atoms with Gasteiger partial charge in [0.1, 0.15) is 10.6 Å². The molecule has 11 heteroatoms. The second-order valence-corrected chi connectivity index (χ2v) is 8.34. The molecule has 30 heavy (non-hydrogen) atoms. The van der Waals surface area contributed by atoms with Crippen molar-refractivity contribution < 1.29 is 22.9 Å². The molecule has 0 saturated carbocycles. The van der Waals surface area contributed by atoms with Crippen LogP contribution >= 0.6 is 0 Å². The molecule has 0 unspecified atom stereocenters. The smallest absolute Gasteiger partial charge is 0.270 e. The van der Waals surface area contributed by atoms with E-state index in [-0.39, 0.29) is 34.4 Å². The van der Waals surface area contributed by atoms with Crippen molar-refractivity contribution in [3.63, 3.8) is 0 Å². The highest BCUT2D eigenvalue weighted by atomic mass is 32.2. The first-order chi connectivity index (χ1) is 14.3. The van der Waals surface area contributed by atoms with E-state index < -0.39 is 14.9 Å². The van der Waals surface area contributed by atoms with E-state index >= 15 is 0 Å². The number of hydrogen-bond donors (Lipinski definition) is 2. The Hall–Kier alpha value is -3.34. The van der Waals surface area contributed by atoms with E-state index in [1.807, 2.05) is 0 Å². The van der Waals surface area contributed by atoms with Gasteiger partial charge in [0.2, 0.25) is 5.91 Å². The predicted molar refractivity (Wildman–Crippen MR) is 111 cm³/mol. The van der Waals surface area contributed by atoms with Crippen LogP contribution in [0.2, 0.25) is 0 Å². The second-order valence-electron chi connectivity index (χ2n) is 6.68. The van der Waals surface area contributed by atoms with Gasteiger partial charge in [0.05, 0.1) is 30.0 Å². The SMILES string of the molecule is COc1ccccc1NS(=O)(=O)c1cc([N+](=O)[O-])ccc1NCC(=O)N1CCCC1. The summed E-state index contributed by atoms with van der Waals surface area (Å²) in [4.78, 5) is 24.2. The summed E-state index contributed by atoms with van der Waals surface area (Å²) in [5.41, 5.74) is -0.104. The number of benzene rings is 2. The normalized spacial score (nSPS) is 13.7. The zero-order chi connectivity index (χ0) is 21.7. The molecule has 1 fully saturated rings. The maximum absolute atomic E-state index is 13.0. The molecule has 10 nitrogen and oxygen atoms in total. The Balaban J connectivity index is 1.90.